The Kier molecular flexibility index (Phi) is 4.34. The molecular weight excluding hydrogens is 258 g/mol. The molecule has 0 N–H and O–H groups in total. The second-order valence-corrected chi connectivity index (χ2v) is 6.07. The number of rotatable bonds is 4. The number of unbranched alkanes of at least 4 members (excludes halogenated alkanes) is 1. The van der Waals surface area contributed by atoms with Crippen LogP contribution in [0.2, 0.25) is 0 Å². The summed E-state index contributed by atoms with van der Waals surface area (Å²) >= 11 is 0. The highest BCUT2D eigenvalue weighted by atomic mass is 15.3. The average Bonchev–Trinajstić information content (AvgIpc) is 2.54. The summed E-state index contributed by atoms with van der Waals surface area (Å²) in [6, 6.07) is 3.47. The Balaban J connectivity index is 1.94. The lowest BCUT2D eigenvalue weighted by Crippen LogP contribution is -2.57. The summed E-state index contributed by atoms with van der Waals surface area (Å²) in [7, 11) is 0. The maximum absolute atomic E-state index is 5.43. The molecule has 1 aliphatic carbocycles. The van der Waals surface area contributed by atoms with Crippen molar-refractivity contribution in [3.05, 3.63) is 18.5 Å². The predicted octanol–water partition coefficient (Wildman–Crippen LogP) is 3.45. The molecule has 2 atom stereocenters. The number of nitrogens with zero attached hydrogens (tertiary/aromatic N) is 3. The lowest BCUT2D eigenvalue weighted by atomic mass is 9.85. The summed E-state index contributed by atoms with van der Waals surface area (Å²) in [6.07, 6.45) is 16.6. The van der Waals surface area contributed by atoms with Gasteiger partial charge in [-0.2, -0.15) is 0 Å². The number of fused-ring (bicyclic) bond motifs is 2. The van der Waals surface area contributed by atoms with Gasteiger partial charge in [0.2, 0.25) is 0 Å². The third-order valence-corrected chi connectivity index (χ3v) is 4.95. The first-order chi connectivity index (χ1) is 10.4. The maximum atomic E-state index is 5.43. The van der Waals surface area contributed by atoms with Crippen molar-refractivity contribution in [1.29, 1.82) is 0 Å². The Morgan fingerprint density at radius 2 is 2.00 bits per heavy atom. The minimum atomic E-state index is 0.633. The molecule has 0 amide bonds. The quantitative estimate of drug-likeness (QED) is 0.623. The molecule has 3 nitrogen and oxygen atoms in total. The Morgan fingerprint density at radius 1 is 1.24 bits per heavy atom. The maximum Gasteiger partial charge on any atom is 0.0793 e. The van der Waals surface area contributed by atoms with E-state index in [1.54, 1.807) is 0 Å². The van der Waals surface area contributed by atoms with Crippen LogP contribution in [0.5, 0.6) is 0 Å². The third-order valence-electron chi connectivity index (χ3n) is 4.95. The number of likely N-dealkylation sites (N-methyl/N-ethyl adjacent to an activating group) is 1. The summed E-state index contributed by atoms with van der Waals surface area (Å²) in [5.74, 6) is 2.77. The molecule has 3 heteroatoms. The van der Waals surface area contributed by atoms with E-state index in [-0.39, 0.29) is 0 Å². The highest BCUT2D eigenvalue weighted by molar-refractivity contribution is 5.74. The Hall–Kier alpha value is -1.69. The smallest absolute Gasteiger partial charge is 0.0793 e. The summed E-state index contributed by atoms with van der Waals surface area (Å²) in [6.45, 7) is 4.40. The molecule has 0 aromatic carbocycles. The van der Waals surface area contributed by atoms with Crippen molar-refractivity contribution in [3.8, 4) is 12.3 Å². The molecule has 0 spiro atoms. The van der Waals surface area contributed by atoms with Crippen LogP contribution in [0.4, 0.5) is 11.4 Å². The van der Waals surface area contributed by atoms with Gasteiger partial charge in [-0.1, -0.05) is 12.8 Å². The van der Waals surface area contributed by atoms with Crippen LogP contribution in [0.15, 0.2) is 18.5 Å². The van der Waals surface area contributed by atoms with E-state index < -0.39 is 0 Å². The monoisotopic (exact) mass is 283 g/mol. The van der Waals surface area contributed by atoms with Crippen molar-refractivity contribution in [3.63, 3.8) is 0 Å². The number of pyridine rings is 1. The molecule has 0 radical (unpaired) electrons. The molecule has 1 aromatic heterocycles. The Bertz CT molecular complexity index is 519. The number of hydrogen-bond donors (Lipinski definition) is 0. The zero-order chi connectivity index (χ0) is 14.7. The first-order valence-corrected chi connectivity index (χ1v) is 8.27. The van der Waals surface area contributed by atoms with Gasteiger partial charge >= 0.3 is 0 Å². The third kappa shape index (κ3) is 2.60. The zero-order valence-electron chi connectivity index (χ0n) is 13.0. The topological polar surface area (TPSA) is 19.4 Å². The highest BCUT2D eigenvalue weighted by Gasteiger charge is 2.39. The average molecular weight is 283 g/mol. The van der Waals surface area contributed by atoms with E-state index in [1.165, 1.54) is 37.1 Å². The van der Waals surface area contributed by atoms with Crippen LogP contribution in [0, 0.1) is 12.3 Å². The molecule has 112 valence electrons. The number of terminal acetylenes is 1. The van der Waals surface area contributed by atoms with Crippen molar-refractivity contribution in [2.24, 2.45) is 0 Å². The predicted molar refractivity (Wildman–Crippen MR) is 88.7 cm³/mol. The zero-order valence-corrected chi connectivity index (χ0v) is 13.0. The Morgan fingerprint density at radius 3 is 2.71 bits per heavy atom. The van der Waals surface area contributed by atoms with Crippen molar-refractivity contribution < 1.29 is 0 Å². The van der Waals surface area contributed by atoms with Gasteiger partial charge in [-0.15, -0.1) is 12.3 Å². The highest BCUT2D eigenvalue weighted by Crippen LogP contribution is 2.42. The SMILES string of the molecule is C#CCCCN1c2cnccc2N(CC)[C@H]2CCCC[C@H]21. The number of hydrogen-bond acceptors (Lipinski definition) is 3. The lowest BCUT2D eigenvalue weighted by molar-refractivity contribution is 0.336. The summed E-state index contributed by atoms with van der Waals surface area (Å²) < 4.78 is 0. The van der Waals surface area contributed by atoms with Gasteiger partial charge in [0.15, 0.2) is 0 Å². The molecule has 0 unspecified atom stereocenters. The van der Waals surface area contributed by atoms with E-state index in [9.17, 15) is 0 Å². The van der Waals surface area contributed by atoms with Crippen LogP contribution in [-0.4, -0.2) is 30.2 Å². The van der Waals surface area contributed by atoms with Gasteiger partial charge < -0.3 is 9.80 Å². The first-order valence-electron chi connectivity index (χ1n) is 8.27. The number of aromatic nitrogens is 1. The largest absolute Gasteiger partial charge is 0.365 e. The molecule has 0 saturated heterocycles. The number of anilines is 2. The molecule has 1 fully saturated rings. The van der Waals surface area contributed by atoms with Crippen molar-refractivity contribution in [2.75, 3.05) is 22.9 Å². The molecule has 2 heterocycles. The summed E-state index contributed by atoms with van der Waals surface area (Å²) in [5, 5.41) is 0. The first kappa shape index (κ1) is 14.3. The summed E-state index contributed by atoms with van der Waals surface area (Å²) in [5.41, 5.74) is 2.66. The van der Waals surface area contributed by atoms with Gasteiger partial charge in [0.05, 0.1) is 17.6 Å². The fourth-order valence-electron chi connectivity index (χ4n) is 4.06. The van der Waals surface area contributed by atoms with Crippen molar-refractivity contribution >= 4 is 11.4 Å². The molecule has 1 aliphatic heterocycles. The van der Waals surface area contributed by atoms with Crippen LogP contribution in [0.1, 0.15) is 45.4 Å². The second-order valence-electron chi connectivity index (χ2n) is 6.07. The molecule has 3 rings (SSSR count). The van der Waals surface area contributed by atoms with Crippen LogP contribution in [0.25, 0.3) is 0 Å². The fraction of sp³-hybridized carbons (Fsp3) is 0.611. The second kappa shape index (κ2) is 6.39. The van der Waals surface area contributed by atoms with Crippen LogP contribution in [-0.2, 0) is 0 Å². The fourth-order valence-corrected chi connectivity index (χ4v) is 4.06. The molecule has 1 aromatic rings. The van der Waals surface area contributed by atoms with E-state index >= 15 is 0 Å². The van der Waals surface area contributed by atoms with Crippen molar-refractivity contribution in [1.82, 2.24) is 4.98 Å². The lowest BCUT2D eigenvalue weighted by Gasteiger charge is -2.52. The van der Waals surface area contributed by atoms with Gasteiger partial charge in [-0.3, -0.25) is 4.98 Å². The molecule has 0 bridgehead atoms. The minimum Gasteiger partial charge on any atom is -0.365 e. The standard InChI is InChI=1S/C18H25N3/c1-3-5-8-13-21-16-10-7-6-9-15(16)20(4-2)17-11-12-19-14-18(17)21/h1,11-12,14-16H,4-10,13H2,2H3/t15-,16+/m0/s1. The molecule has 2 aliphatic rings. The normalized spacial score (nSPS) is 24.2. The minimum absolute atomic E-state index is 0.633. The Labute approximate surface area is 128 Å². The van der Waals surface area contributed by atoms with Crippen LogP contribution < -0.4 is 9.80 Å². The van der Waals surface area contributed by atoms with E-state index in [4.69, 9.17) is 6.42 Å². The van der Waals surface area contributed by atoms with E-state index in [0.717, 1.165) is 25.9 Å². The van der Waals surface area contributed by atoms with Gasteiger partial charge in [-0.25, -0.2) is 0 Å². The van der Waals surface area contributed by atoms with Gasteiger partial charge in [0.1, 0.15) is 0 Å². The van der Waals surface area contributed by atoms with Gasteiger partial charge in [0.25, 0.3) is 0 Å². The molecular formula is C18H25N3. The van der Waals surface area contributed by atoms with E-state index in [1.807, 2.05) is 12.4 Å². The summed E-state index contributed by atoms with van der Waals surface area (Å²) in [4.78, 5) is 9.56. The van der Waals surface area contributed by atoms with E-state index in [0.29, 0.717) is 12.1 Å². The van der Waals surface area contributed by atoms with Crippen molar-refractivity contribution in [2.45, 2.75) is 57.5 Å². The molecule has 21 heavy (non-hydrogen) atoms. The van der Waals surface area contributed by atoms with Gasteiger partial charge in [-0.05, 0) is 32.3 Å². The van der Waals surface area contributed by atoms with E-state index in [2.05, 4.69) is 33.7 Å². The van der Waals surface area contributed by atoms with Crippen LogP contribution in [0.3, 0.4) is 0 Å². The van der Waals surface area contributed by atoms with Crippen LogP contribution >= 0.6 is 0 Å². The molecule has 1 saturated carbocycles. The van der Waals surface area contributed by atoms with Gasteiger partial charge in [0, 0.05) is 37.8 Å².